The zero-order valence-electron chi connectivity index (χ0n) is 12.3. The first-order valence-electron chi connectivity index (χ1n) is 7.74. The highest BCUT2D eigenvalue weighted by atomic mass is 16.5. The molecular weight excluding hydrogens is 292 g/mol. The summed E-state index contributed by atoms with van der Waals surface area (Å²) in [6, 6.07) is 12.8. The molecule has 3 aliphatic rings. The minimum absolute atomic E-state index is 0.354. The summed E-state index contributed by atoms with van der Waals surface area (Å²) in [6.07, 6.45) is 2.34. The van der Waals surface area contributed by atoms with E-state index in [1.54, 1.807) is 0 Å². The van der Waals surface area contributed by atoms with Gasteiger partial charge in [-0.05, 0) is 42.5 Å². The summed E-state index contributed by atoms with van der Waals surface area (Å²) in [5.41, 5.74) is 1.37. The molecule has 2 aliphatic heterocycles. The second kappa shape index (κ2) is 4.13. The summed E-state index contributed by atoms with van der Waals surface area (Å²) in [4.78, 5) is 24.6. The number of hydrogen-bond acceptors (Lipinski definition) is 3. The van der Waals surface area contributed by atoms with E-state index in [1.807, 2.05) is 42.5 Å². The third kappa shape index (κ3) is 1.62. The van der Waals surface area contributed by atoms with Gasteiger partial charge in [0.15, 0.2) is 5.54 Å². The summed E-state index contributed by atoms with van der Waals surface area (Å²) in [5.74, 6) is 1.41. The number of para-hydroxylation sites is 1. The predicted molar refractivity (Wildman–Crippen MR) is 82.4 cm³/mol. The average Bonchev–Trinajstić information content (AvgIpc) is 3.34. The molecule has 2 heterocycles. The number of amides is 3. The highest BCUT2D eigenvalue weighted by Crippen LogP contribution is 2.50. The van der Waals surface area contributed by atoms with Crippen molar-refractivity contribution in [3.8, 4) is 11.5 Å². The third-order valence-electron chi connectivity index (χ3n) is 4.84. The average molecular weight is 306 g/mol. The summed E-state index contributed by atoms with van der Waals surface area (Å²) in [6.45, 7) is 0. The van der Waals surface area contributed by atoms with Gasteiger partial charge in [-0.1, -0.05) is 24.3 Å². The number of carbonyl (C=O) groups excluding carboxylic acids is 2. The van der Waals surface area contributed by atoms with Crippen LogP contribution in [0, 0.1) is 0 Å². The first-order chi connectivity index (χ1) is 11.2. The summed E-state index contributed by atoms with van der Waals surface area (Å²) in [7, 11) is 0. The van der Waals surface area contributed by atoms with Crippen LogP contribution in [-0.2, 0) is 10.3 Å². The number of benzene rings is 2. The van der Waals surface area contributed by atoms with Crippen LogP contribution in [-0.4, -0.2) is 11.9 Å². The fourth-order valence-electron chi connectivity index (χ4n) is 3.56. The molecule has 1 atom stereocenters. The Labute approximate surface area is 132 Å². The summed E-state index contributed by atoms with van der Waals surface area (Å²) < 4.78 is 5.97. The number of carbonyl (C=O) groups is 2. The van der Waals surface area contributed by atoms with Gasteiger partial charge in [-0.3, -0.25) is 10.1 Å². The van der Waals surface area contributed by atoms with Gasteiger partial charge in [-0.15, -0.1) is 0 Å². The van der Waals surface area contributed by atoms with Crippen LogP contribution in [0.3, 0.4) is 0 Å². The van der Waals surface area contributed by atoms with Crippen molar-refractivity contribution < 1.29 is 14.3 Å². The lowest BCUT2D eigenvalue weighted by molar-refractivity contribution is -0.123. The largest absolute Gasteiger partial charge is 0.457 e. The van der Waals surface area contributed by atoms with Crippen molar-refractivity contribution in [1.82, 2.24) is 10.6 Å². The monoisotopic (exact) mass is 306 g/mol. The number of ether oxygens (including phenoxy) is 1. The van der Waals surface area contributed by atoms with Gasteiger partial charge >= 0.3 is 6.03 Å². The van der Waals surface area contributed by atoms with Crippen LogP contribution in [0.1, 0.15) is 35.4 Å². The van der Waals surface area contributed by atoms with E-state index in [0.717, 1.165) is 0 Å². The molecule has 0 radical (unpaired) electrons. The summed E-state index contributed by atoms with van der Waals surface area (Å²) >= 11 is 0. The minimum Gasteiger partial charge on any atom is -0.457 e. The van der Waals surface area contributed by atoms with E-state index in [2.05, 4.69) is 10.6 Å². The quantitative estimate of drug-likeness (QED) is 0.796. The van der Waals surface area contributed by atoms with E-state index >= 15 is 0 Å². The smallest absolute Gasteiger partial charge is 0.322 e. The molecule has 3 amide bonds. The molecule has 2 aromatic carbocycles. The van der Waals surface area contributed by atoms with E-state index in [4.69, 9.17) is 4.74 Å². The molecule has 1 aliphatic carbocycles. The lowest BCUT2D eigenvalue weighted by Crippen LogP contribution is -2.46. The number of imide groups is 1. The SMILES string of the molecule is O=C1NC(=O)C2(N1)c1ccccc1Oc1ccc(C3CC3)cc12. The Morgan fingerprint density at radius 1 is 1.00 bits per heavy atom. The van der Waals surface area contributed by atoms with Crippen LogP contribution in [0.25, 0.3) is 0 Å². The maximum Gasteiger partial charge on any atom is 0.322 e. The van der Waals surface area contributed by atoms with Crippen molar-refractivity contribution >= 4 is 11.9 Å². The molecule has 2 fully saturated rings. The van der Waals surface area contributed by atoms with Gasteiger partial charge in [0.05, 0.1) is 0 Å². The first-order valence-corrected chi connectivity index (χ1v) is 7.74. The zero-order chi connectivity index (χ0) is 15.6. The highest BCUT2D eigenvalue weighted by Gasteiger charge is 2.54. The van der Waals surface area contributed by atoms with Crippen molar-refractivity contribution in [2.24, 2.45) is 0 Å². The Kier molecular flexibility index (Phi) is 2.28. The highest BCUT2D eigenvalue weighted by molar-refractivity contribution is 6.10. The number of nitrogens with one attached hydrogen (secondary N) is 2. The fraction of sp³-hybridized carbons (Fsp3) is 0.222. The molecule has 5 nitrogen and oxygen atoms in total. The Morgan fingerprint density at radius 2 is 1.78 bits per heavy atom. The molecule has 2 aromatic rings. The lowest BCUT2D eigenvalue weighted by Gasteiger charge is -2.34. The van der Waals surface area contributed by atoms with Crippen LogP contribution in [0.5, 0.6) is 11.5 Å². The van der Waals surface area contributed by atoms with Gasteiger partial charge in [0.25, 0.3) is 5.91 Å². The number of urea groups is 1. The van der Waals surface area contributed by atoms with Gasteiger partial charge < -0.3 is 10.1 Å². The molecule has 1 spiro atoms. The molecular formula is C18H14N2O3. The Morgan fingerprint density at radius 3 is 2.52 bits per heavy atom. The van der Waals surface area contributed by atoms with E-state index < -0.39 is 11.6 Å². The Bertz CT molecular complexity index is 872. The van der Waals surface area contributed by atoms with Crippen molar-refractivity contribution in [3.63, 3.8) is 0 Å². The van der Waals surface area contributed by atoms with E-state index in [0.29, 0.717) is 28.5 Å². The normalized spacial score (nSPS) is 24.5. The maximum absolute atomic E-state index is 12.7. The van der Waals surface area contributed by atoms with Crippen molar-refractivity contribution in [1.29, 1.82) is 0 Å². The number of fused-ring (bicyclic) bond motifs is 4. The van der Waals surface area contributed by atoms with Gasteiger partial charge in [-0.2, -0.15) is 0 Å². The molecule has 23 heavy (non-hydrogen) atoms. The molecule has 2 N–H and O–H groups in total. The van der Waals surface area contributed by atoms with Gasteiger partial charge in [0.2, 0.25) is 0 Å². The minimum atomic E-state index is -1.20. The molecule has 0 bridgehead atoms. The van der Waals surface area contributed by atoms with Crippen LogP contribution < -0.4 is 15.4 Å². The maximum atomic E-state index is 12.7. The first kappa shape index (κ1) is 12.7. The lowest BCUT2D eigenvalue weighted by atomic mass is 9.79. The second-order valence-corrected chi connectivity index (χ2v) is 6.29. The van der Waals surface area contributed by atoms with Crippen LogP contribution in [0.15, 0.2) is 42.5 Å². The standard InChI is InChI=1S/C18H14N2O3/c21-16-18(20-17(22)19-16)12-3-1-2-4-14(12)23-15-8-7-11(9-13(15)18)10-5-6-10/h1-4,7-10H,5-6H2,(H2,19,20,21,22). The van der Waals surface area contributed by atoms with Crippen molar-refractivity contribution in [3.05, 3.63) is 59.2 Å². The molecule has 114 valence electrons. The van der Waals surface area contributed by atoms with E-state index in [1.165, 1.54) is 18.4 Å². The summed E-state index contributed by atoms with van der Waals surface area (Å²) in [5, 5.41) is 5.22. The molecule has 0 aromatic heterocycles. The Balaban J connectivity index is 1.80. The van der Waals surface area contributed by atoms with Crippen molar-refractivity contribution in [2.75, 3.05) is 0 Å². The van der Waals surface area contributed by atoms with E-state index in [-0.39, 0.29) is 5.91 Å². The van der Waals surface area contributed by atoms with Crippen LogP contribution in [0.2, 0.25) is 0 Å². The Hall–Kier alpha value is -2.82. The molecule has 1 saturated carbocycles. The van der Waals surface area contributed by atoms with Gasteiger partial charge in [-0.25, -0.2) is 4.79 Å². The number of hydrogen-bond donors (Lipinski definition) is 2. The number of rotatable bonds is 1. The van der Waals surface area contributed by atoms with Gasteiger partial charge in [0, 0.05) is 11.1 Å². The fourth-order valence-corrected chi connectivity index (χ4v) is 3.56. The van der Waals surface area contributed by atoms with Gasteiger partial charge in [0.1, 0.15) is 11.5 Å². The molecule has 1 unspecified atom stereocenters. The predicted octanol–water partition coefficient (Wildman–Crippen LogP) is 2.75. The van der Waals surface area contributed by atoms with Crippen LogP contribution >= 0.6 is 0 Å². The van der Waals surface area contributed by atoms with Crippen LogP contribution in [0.4, 0.5) is 4.79 Å². The zero-order valence-corrected chi connectivity index (χ0v) is 12.3. The van der Waals surface area contributed by atoms with Crippen molar-refractivity contribution in [2.45, 2.75) is 24.3 Å². The molecule has 5 heteroatoms. The molecule has 5 rings (SSSR count). The van der Waals surface area contributed by atoms with E-state index in [9.17, 15) is 9.59 Å². The topological polar surface area (TPSA) is 67.4 Å². The third-order valence-corrected chi connectivity index (χ3v) is 4.84. The second-order valence-electron chi connectivity index (χ2n) is 6.29. The molecule has 1 saturated heterocycles.